The number of aliphatic hydroxyl groups excluding tert-OH is 2. The Morgan fingerprint density at radius 2 is 1.16 bits per heavy atom. The van der Waals surface area contributed by atoms with Gasteiger partial charge in [-0.3, -0.25) is 0 Å². The zero-order valence-electron chi connectivity index (χ0n) is 11.6. The lowest BCUT2D eigenvalue weighted by Crippen LogP contribution is -2.21. The minimum atomic E-state index is -0.818. The molecular weight excluding hydrogens is 256 g/mol. The van der Waals surface area contributed by atoms with Crippen LogP contribution in [0.25, 0.3) is 0 Å². The van der Waals surface area contributed by atoms with E-state index in [0.29, 0.717) is 52.9 Å². The molecule has 0 fully saturated rings. The molecule has 2 N–H and O–H groups in total. The molecule has 0 radical (unpaired) electrons. The van der Waals surface area contributed by atoms with Crippen LogP contribution >= 0.6 is 0 Å². The lowest BCUT2D eigenvalue weighted by atomic mass is 10.4. The Balaban J connectivity index is 2.95. The molecule has 0 aromatic heterocycles. The summed E-state index contributed by atoms with van der Waals surface area (Å²) >= 11 is 0. The molecule has 116 valence electrons. The summed E-state index contributed by atoms with van der Waals surface area (Å²) in [6.45, 7) is 3.90. The summed E-state index contributed by atoms with van der Waals surface area (Å²) in [5, 5.41) is 17.5. The van der Waals surface area contributed by atoms with Crippen LogP contribution in [0.4, 0.5) is 0 Å². The average molecular weight is 282 g/mol. The van der Waals surface area contributed by atoms with E-state index < -0.39 is 6.10 Å². The largest absolute Gasteiger partial charge is 0.394 e. The summed E-state index contributed by atoms with van der Waals surface area (Å²) in [6.07, 6.45) is -0.818. The van der Waals surface area contributed by atoms with E-state index in [0.717, 1.165) is 0 Å². The summed E-state index contributed by atoms with van der Waals surface area (Å²) in [7, 11) is 1.63. The van der Waals surface area contributed by atoms with Crippen molar-refractivity contribution in [3.05, 3.63) is 0 Å². The van der Waals surface area contributed by atoms with Gasteiger partial charge in [0.1, 0.15) is 6.10 Å². The molecule has 1 atom stereocenters. The van der Waals surface area contributed by atoms with Gasteiger partial charge in [-0.2, -0.15) is 0 Å². The van der Waals surface area contributed by atoms with Crippen molar-refractivity contribution in [3.63, 3.8) is 0 Å². The summed E-state index contributed by atoms with van der Waals surface area (Å²) in [5.41, 5.74) is 0. The maximum Gasteiger partial charge on any atom is 0.100 e. The van der Waals surface area contributed by atoms with Gasteiger partial charge in [0.2, 0.25) is 0 Å². The molecule has 0 aliphatic rings. The summed E-state index contributed by atoms with van der Waals surface area (Å²) in [5.74, 6) is 0. The van der Waals surface area contributed by atoms with E-state index in [1.807, 2.05) is 0 Å². The second kappa shape index (κ2) is 15.8. The Morgan fingerprint density at radius 3 is 1.58 bits per heavy atom. The quantitative estimate of drug-likeness (QED) is 0.375. The van der Waals surface area contributed by atoms with Crippen LogP contribution in [0.5, 0.6) is 0 Å². The number of hydrogen-bond acceptors (Lipinski definition) is 7. The lowest BCUT2D eigenvalue weighted by molar-refractivity contribution is -0.0280. The fraction of sp³-hybridized carbons (Fsp3) is 1.00. The Kier molecular flexibility index (Phi) is 15.5. The fourth-order valence-electron chi connectivity index (χ4n) is 1.07. The predicted octanol–water partition coefficient (Wildman–Crippen LogP) is -0.948. The Hall–Kier alpha value is -0.280. The van der Waals surface area contributed by atoms with Crippen molar-refractivity contribution in [2.75, 3.05) is 73.2 Å². The van der Waals surface area contributed by atoms with E-state index in [4.69, 9.17) is 33.9 Å². The normalized spacial score (nSPS) is 12.8. The highest BCUT2D eigenvalue weighted by Gasteiger charge is 2.00. The van der Waals surface area contributed by atoms with E-state index in [2.05, 4.69) is 0 Å². The first-order valence-corrected chi connectivity index (χ1v) is 6.40. The van der Waals surface area contributed by atoms with Crippen LogP contribution in [0.3, 0.4) is 0 Å². The molecular formula is C12H26O7. The minimum Gasteiger partial charge on any atom is -0.394 e. The Morgan fingerprint density at radius 1 is 0.737 bits per heavy atom. The minimum absolute atomic E-state index is 0.120. The lowest BCUT2D eigenvalue weighted by Gasteiger charge is -2.09. The monoisotopic (exact) mass is 282 g/mol. The molecule has 0 bridgehead atoms. The summed E-state index contributed by atoms with van der Waals surface area (Å²) in [4.78, 5) is 0. The van der Waals surface area contributed by atoms with Crippen LogP contribution in [-0.4, -0.2) is 89.5 Å². The molecule has 19 heavy (non-hydrogen) atoms. The van der Waals surface area contributed by atoms with Gasteiger partial charge < -0.3 is 33.9 Å². The molecule has 0 spiro atoms. The van der Waals surface area contributed by atoms with E-state index in [9.17, 15) is 0 Å². The number of methoxy groups -OCH3 is 1. The van der Waals surface area contributed by atoms with Gasteiger partial charge in [0.05, 0.1) is 66.1 Å². The maximum atomic E-state index is 8.98. The van der Waals surface area contributed by atoms with Crippen LogP contribution in [0, 0.1) is 0 Å². The summed E-state index contributed by atoms with van der Waals surface area (Å²) < 4.78 is 25.6. The van der Waals surface area contributed by atoms with Gasteiger partial charge in [-0.25, -0.2) is 0 Å². The van der Waals surface area contributed by atoms with E-state index in [1.165, 1.54) is 0 Å². The van der Waals surface area contributed by atoms with Crippen LogP contribution < -0.4 is 0 Å². The van der Waals surface area contributed by atoms with E-state index in [-0.39, 0.29) is 13.2 Å². The van der Waals surface area contributed by atoms with Crippen LogP contribution in [-0.2, 0) is 23.7 Å². The first kappa shape index (κ1) is 18.7. The first-order chi connectivity index (χ1) is 9.31. The fourth-order valence-corrected chi connectivity index (χ4v) is 1.07. The maximum absolute atomic E-state index is 8.98. The van der Waals surface area contributed by atoms with Crippen molar-refractivity contribution in [1.82, 2.24) is 0 Å². The SMILES string of the molecule is COCCOCCOCCOCCOCC(O)CO. The van der Waals surface area contributed by atoms with Gasteiger partial charge in [0.15, 0.2) is 0 Å². The topological polar surface area (TPSA) is 86.6 Å². The van der Waals surface area contributed by atoms with Gasteiger partial charge in [-0.15, -0.1) is 0 Å². The van der Waals surface area contributed by atoms with Gasteiger partial charge >= 0.3 is 0 Å². The van der Waals surface area contributed by atoms with Crippen molar-refractivity contribution >= 4 is 0 Å². The van der Waals surface area contributed by atoms with Gasteiger partial charge in [-0.1, -0.05) is 0 Å². The molecule has 0 aliphatic heterocycles. The molecule has 1 unspecified atom stereocenters. The van der Waals surface area contributed by atoms with E-state index in [1.54, 1.807) is 7.11 Å². The highest BCUT2D eigenvalue weighted by molar-refractivity contribution is 4.48. The third-order valence-corrected chi connectivity index (χ3v) is 2.07. The molecule has 0 aromatic carbocycles. The number of rotatable bonds is 15. The van der Waals surface area contributed by atoms with Gasteiger partial charge in [-0.05, 0) is 0 Å². The van der Waals surface area contributed by atoms with Crippen LogP contribution in [0.2, 0.25) is 0 Å². The molecule has 0 rings (SSSR count). The van der Waals surface area contributed by atoms with Gasteiger partial charge in [0, 0.05) is 7.11 Å². The van der Waals surface area contributed by atoms with Crippen molar-refractivity contribution in [2.45, 2.75) is 6.10 Å². The van der Waals surface area contributed by atoms with Crippen molar-refractivity contribution in [2.24, 2.45) is 0 Å². The summed E-state index contributed by atoms with van der Waals surface area (Å²) in [6, 6.07) is 0. The molecule has 0 heterocycles. The highest BCUT2D eigenvalue weighted by Crippen LogP contribution is 1.85. The second-order valence-corrected chi connectivity index (χ2v) is 3.74. The third kappa shape index (κ3) is 15.7. The van der Waals surface area contributed by atoms with Crippen molar-refractivity contribution in [1.29, 1.82) is 0 Å². The van der Waals surface area contributed by atoms with Crippen LogP contribution in [0.1, 0.15) is 0 Å². The molecule has 7 heteroatoms. The molecule has 0 aliphatic carbocycles. The van der Waals surface area contributed by atoms with E-state index >= 15 is 0 Å². The number of ether oxygens (including phenoxy) is 5. The molecule has 0 aromatic rings. The zero-order chi connectivity index (χ0) is 14.2. The molecule has 0 saturated heterocycles. The second-order valence-electron chi connectivity index (χ2n) is 3.74. The standard InChI is InChI=1S/C12H26O7/c1-15-2-3-16-4-5-17-6-7-18-8-9-19-11-12(14)10-13/h12-14H,2-11H2,1H3. The third-order valence-electron chi connectivity index (χ3n) is 2.07. The first-order valence-electron chi connectivity index (χ1n) is 6.40. The average Bonchev–Trinajstić information content (AvgIpc) is 2.43. The molecule has 0 saturated carbocycles. The smallest absolute Gasteiger partial charge is 0.100 e. The highest BCUT2D eigenvalue weighted by atomic mass is 16.6. The Labute approximate surface area is 114 Å². The molecule has 7 nitrogen and oxygen atoms in total. The van der Waals surface area contributed by atoms with Crippen LogP contribution in [0.15, 0.2) is 0 Å². The molecule has 0 amide bonds. The number of aliphatic hydroxyl groups is 2. The van der Waals surface area contributed by atoms with Gasteiger partial charge in [0.25, 0.3) is 0 Å². The van der Waals surface area contributed by atoms with Crippen molar-refractivity contribution in [3.8, 4) is 0 Å². The zero-order valence-corrected chi connectivity index (χ0v) is 11.6. The number of hydrogen-bond donors (Lipinski definition) is 2. The Bertz CT molecular complexity index is 168. The van der Waals surface area contributed by atoms with Crippen molar-refractivity contribution < 1.29 is 33.9 Å². The predicted molar refractivity (Wildman–Crippen MR) is 68.2 cm³/mol.